The molecule has 1 aromatic rings. The normalized spacial score (nSPS) is 17.1. The summed E-state index contributed by atoms with van der Waals surface area (Å²) in [5.41, 5.74) is 0.835. The molecule has 0 heterocycles. The molecular formula is C15H21NO3. The molecule has 1 amide bonds. The van der Waals surface area contributed by atoms with Crippen LogP contribution in [0.1, 0.15) is 31.2 Å². The number of rotatable bonds is 5. The smallest absolute Gasteiger partial charge is 0.407 e. The minimum absolute atomic E-state index is 0.131. The van der Waals surface area contributed by atoms with E-state index in [9.17, 15) is 9.90 Å². The zero-order valence-electron chi connectivity index (χ0n) is 11.1. The molecular weight excluding hydrogens is 242 g/mol. The Bertz CT molecular complexity index is 399. The first-order chi connectivity index (χ1) is 9.24. The van der Waals surface area contributed by atoms with Crippen LogP contribution in [0.15, 0.2) is 30.3 Å². The quantitative estimate of drug-likeness (QED) is 0.858. The highest BCUT2D eigenvalue weighted by molar-refractivity contribution is 5.67. The number of nitrogens with one attached hydrogen (secondary N) is 1. The van der Waals surface area contributed by atoms with Gasteiger partial charge in [0.1, 0.15) is 6.61 Å². The predicted octanol–water partition coefficient (Wildman–Crippen LogP) is 2.47. The first-order valence-electron chi connectivity index (χ1n) is 6.80. The van der Waals surface area contributed by atoms with E-state index in [0.717, 1.165) is 31.2 Å². The topological polar surface area (TPSA) is 58.6 Å². The van der Waals surface area contributed by atoms with E-state index < -0.39 is 6.09 Å². The van der Waals surface area contributed by atoms with Gasteiger partial charge in [-0.3, -0.25) is 0 Å². The predicted molar refractivity (Wildman–Crippen MR) is 72.6 cm³/mol. The Kier molecular flexibility index (Phi) is 4.80. The summed E-state index contributed by atoms with van der Waals surface area (Å²) in [6, 6.07) is 9.58. The van der Waals surface area contributed by atoms with Crippen molar-refractivity contribution in [3.63, 3.8) is 0 Å². The molecule has 4 nitrogen and oxygen atoms in total. The summed E-state index contributed by atoms with van der Waals surface area (Å²) in [5, 5.41) is 12.2. The third-order valence-electron chi connectivity index (χ3n) is 3.82. The first kappa shape index (κ1) is 13.9. The molecule has 1 aromatic carbocycles. The van der Waals surface area contributed by atoms with Gasteiger partial charge in [-0.15, -0.1) is 0 Å². The van der Waals surface area contributed by atoms with Crippen molar-refractivity contribution < 1.29 is 14.6 Å². The lowest BCUT2D eigenvalue weighted by Crippen LogP contribution is -2.38. The van der Waals surface area contributed by atoms with Crippen LogP contribution in [-0.2, 0) is 11.3 Å². The number of carbonyl (C=O) groups is 1. The third kappa shape index (κ3) is 3.96. The minimum atomic E-state index is -0.413. The van der Waals surface area contributed by atoms with Crippen LogP contribution in [0.4, 0.5) is 4.79 Å². The van der Waals surface area contributed by atoms with Crippen molar-refractivity contribution in [2.45, 2.75) is 32.3 Å². The fourth-order valence-corrected chi connectivity index (χ4v) is 2.55. The Balaban J connectivity index is 1.72. The van der Waals surface area contributed by atoms with Crippen molar-refractivity contribution in [2.24, 2.45) is 5.41 Å². The van der Waals surface area contributed by atoms with Gasteiger partial charge in [0.05, 0.1) is 6.61 Å². The average Bonchev–Trinajstić information content (AvgIpc) is 2.93. The fraction of sp³-hybridized carbons (Fsp3) is 0.533. The third-order valence-corrected chi connectivity index (χ3v) is 3.82. The van der Waals surface area contributed by atoms with Gasteiger partial charge in [0.2, 0.25) is 0 Å². The molecule has 1 saturated carbocycles. The van der Waals surface area contributed by atoms with Gasteiger partial charge in [-0.25, -0.2) is 4.79 Å². The van der Waals surface area contributed by atoms with Gasteiger partial charge in [-0.05, 0) is 18.4 Å². The summed E-state index contributed by atoms with van der Waals surface area (Å²) in [4.78, 5) is 11.6. The second-order valence-corrected chi connectivity index (χ2v) is 5.28. The number of amides is 1. The van der Waals surface area contributed by atoms with Crippen molar-refractivity contribution >= 4 is 6.09 Å². The van der Waals surface area contributed by atoms with Gasteiger partial charge in [-0.2, -0.15) is 0 Å². The molecule has 0 aromatic heterocycles. The van der Waals surface area contributed by atoms with Crippen LogP contribution in [0.3, 0.4) is 0 Å². The number of hydrogen-bond donors (Lipinski definition) is 2. The Morgan fingerprint density at radius 2 is 1.95 bits per heavy atom. The molecule has 4 heteroatoms. The standard InChI is InChI=1S/C15H21NO3/c17-12-15(8-4-5-9-15)11-16-14(18)19-10-13-6-2-1-3-7-13/h1-3,6-7,17H,4-5,8-12H2,(H,16,18). The molecule has 1 aliphatic rings. The van der Waals surface area contributed by atoms with Crippen LogP contribution in [0.2, 0.25) is 0 Å². The van der Waals surface area contributed by atoms with Crippen LogP contribution >= 0.6 is 0 Å². The number of carbonyl (C=O) groups excluding carboxylic acids is 1. The summed E-state index contributed by atoms with van der Waals surface area (Å²) in [6.07, 6.45) is 3.79. The van der Waals surface area contributed by atoms with Gasteiger partial charge in [0.25, 0.3) is 0 Å². The Morgan fingerprint density at radius 3 is 2.58 bits per heavy atom. The molecule has 0 radical (unpaired) electrons. The monoisotopic (exact) mass is 263 g/mol. The number of benzene rings is 1. The summed E-state index contributed by atoms with van der Waals surface area (Å²) in [7, 11) is 0. The summed E-state index contributed by atoms with van der Waals surface area (Å²) in [5.74, 6) is 0. The van der Waals surface area contributed by atoms with E-state index in [1.807, 2.05) is 30.3 Å². The summed E-state index contributed by atoms with van der Waals surface area (Å²) < 4.78 is 5.15. The van der Waals surface area contributed by atoms with Gasteiger partial charge >= 0.3 is 6.09 Å². The number of alkyl carbamates (subject to hydrolysis) is 1. The highest BCUT2D eigenvalue weighted by atomic mass is 16.5. The second-order valence-electron chi connectivity index (χ2n) is 5.28. The van der Waals surface area contributed by atoms with E-state index in [0.29, 0.717) is 6.54 Å². The number of aliphatic hydroxyl groups is 1. The zero-order chi connectivity index (χ0) is 13.6. The molecule has 1 fully saturated rings. The van der Waals surface area contributed by atoms with Crippen LogP contribution in [-0.4, -0.2) is 24.4 Å². The molecule has 0 atom stereocenters. The van der Waals surface area contributed by atoms with E-state index in [1.54, 1.807) is 0 Å². The van der Waals surface area contributed by atoms with Gasteiger partial charge in [-0.1, -0.05) is 43.2 Å². The average molecular weight is 263 g/mol. The maximum absolute atomic E-state index is 11.6. The highest BCUT2D eigenvalue weighted by Gasteiger charge is 2.33. The first-order valence-corrected chi connectivity index (χ1v) is 6.80. The second kappa shape index (κ2) is 6.57. The van der Waals surface area contributed by atoms with Crippen LogP contribution in [0.25, 0.3) is 0 Å². The molecule has 19 heavy (non-hydrogen) atoms. The van der Waals surface area contributed by atoms with Crippen molar-refractivity contribution in [1.82, 2.24) is 5.32 Å². The molecule has 0 unspecified atom stereocenters. The molecule has 2 rings (SSSR count). The van der Waals surface area contributed by atoms with E-state index in [2.05, 4.69) is 5.32 Å². The lowest BCUT2D eigenvalue weighted by molar-refractivity contribution is 0.110. The van der Waals surface area contributed by atoms with Gasteiger partial charge < -0.3 is 15.2 Å². The maximum Gasteiger partial charge on any atom is 0.407 e. The lowest BCUT2D eigenvalue weighted by atomic mass is 9.87. The van der Waals surface area contributed by atoms with E-state index >= 15 is 0 Å². The van der Waals surface area contributed by atoms with Crippen molar-refractivity contribution in [3.8, 4) is 0 Å². The molecule has 0 spiro atoms. The summed E-state index contributed by atoms with van der Waals surface area (Å²) >= 11 is 0. The van der Waals surface area contributed by atoms with Crippen LogP contribution < -0.4 is 5.32 Å². The highest BCUT2D eigenvalue weighted by Crippen LogP contribution is 2.36. The number of ether oxygens (including phenoxy) is 1. The molecule has 104 valence electrons. The van der Waals surface area contributed by atoms with Gasteiger partial charge in [0, 0.05) is 12.0 Å². The number of aliphatic hydroxyl groups excluding tert-OH is 1. The van der Waals surface area contributed by atoms with Crippen LogP contribution in [0.5, 0.6) is 0 Å². The fourth-order valence-electron chi connectivity index (χ4n) is 2.55. The Hall–Kier alpha value is -1.55. The molecule has 0 aliphatic heterocycles. The lowest BCUT2D eigenvalue weighted by Gasteiger charge is -2.26. The Morgan fingerprint density at radius 1 is 1.26 bits per heavy atom. The maximum atomic E-state index is 11.6. The van der Waals surface area contributed by atoms with E-state index in [1.165, 1.54) is 0 Å². The SMILES string of the molecule is O=C(NCC1(CO)CCCC1)OCc1ccccc1. The molecule has 1 aliphatic carbocycles. The van der Waals surface area contributed by atoms with Crippen LogP contribution in [0, 0.1) is 5.41 Å². The van der Waals surface area contributed by atoms with E-state index in [-0.39, 0.29) is 18.6 Å². The molecule has 0 saturated heterocycles. The Labute approximate surface area is 113 Å². The minimum Gasteiger partial charge on any atom is -0.445 e. The van der Waals surface area contributed by atoms with Crippen molar-refractivity contribution in [3.05, 3.63) is 35.9 Å². The molecule has 2 N–H and O–H groups in total. The summed E-state index contributed by atoms with van der Waals surface area (Å²) in [6.45, 7) is 0.905. The molecule has 0 bridgehead atoms. The van der Waals surface area contributed by atoms with Crippen molar-refractivity contribution in [2.75, 3.05) is 13.2 Å². The number of hydrogen-bond acceptors (Lipinski definition) is 3. The largest absolute Gasteiger partial charge is 0.445 e. The van der Waals surface area contributed by atoms with Crippen molar-refractivity contribution in [1.29, 1.82) is 0 Å². The van der Waals surface area contributed by atoms with Gasteiger partial charge in [0.15, 0.2) is 0 Å². The van der Waals surface area contributed by atoms with E-state index in [4.69, 9.17) is 4.74 Å². The zero-order valence-corrected chi connectivity index (χ0v) is 11.1.